The van der Waals surface area contributed by atoms with E-state index in [-0.39, 0.29) is 5.91 Å². The molecule has 19 heavy (non-hydrogen) atoms. The zero-order chi connectivity index (χ0) is 13.8. The number of benzene rings is 1. The van der Waals surface area contributed by atoms with Crippen molar-refractivity contribution in [2.45, 2.75) is 13.5 Å². The summed E-state index contributed by atoms with van der Waals surface area (Å²) in [6, 6.07) is 9.41. The van der Waals surface area contributed by atoms with Gasteiger partial charge in [0.15, 0.2) is 0 Å². The van der Waals surface area contributed by atoms with E-state index in [0.29, 0.717) is 12.1 Å². The van der Waals surface area contributed by atoms with Gasteiger partial charge in [0.05, 0.1) is 18.4 Å². The number of aryl methyl sites for hydroxylation is 1. The highest BCUT2D eigenvalue weighted by Gasteiger charge is 2.12. The normalized spacial score (nSPS) is 10.3. The molecule has 0 saturated carbocycles. The number of hydrogen-bond acceptors (Lipinski definition) is 3. The summed E-state index contributed by atoms with van der Waals surface area (Å²) < 4.78 is 5.38. The number of nitrogens with zero attached hydrogens (tertiary/aromatic N) is 1. The third-order valence-electron chi connectivity index (χ3n) is 2.97. The minimum atomic E-state index is -0.0146. The molecule has 0 bridgehead atoms. The van der Waals surface area contributed by atoms with E-state index in [2.05, 4.69) is 5.32 Å². The Bertz CT molecular complexity index is 573. The largest absolute Gasteiger partial charge is 0.467 e. The summed E-state index contributed by atoms with van der Waals surface area (Å²) in [5, 5.41) is 3.25. The summed E-state index contributed by atoms with van der Waals surface area (Å²) in [5.41, 5.74) is 2.58. The van der Waals surface area contributed by atoms with Gasteiger partial charge >= 0.3 is 0 Å². The smallest absolute Gasteiger partial charge is 0.255 e. The van der Waals surface area contributed by atoms with Crippen LogP contribution in [0.15, 0.2) is 41.0 Å². The van der Waals surface area contributed by atoms with Crippen molar-refractivity contribution in [1.82, 2.24) is 4.90 Å². The predicted molar refractivity (Wildman–Crippen MR) is 75.2 cm³/mol. The molecule has 1 heterocycles. The molecule has 0 aliphatic carbocycles. The van der Waals surface area contributed by atoms with Gasteiger partial charge in [-0.05, 0) is 30.7 Å². The number of rotatable bonds is 4. The summed E-state index contributed by atoms with van der Waals surface area (Å²) in [6.07, 6.45) is 1.67. The first-order valence-corrected chi connectivity index (χ1v) is 6.17. The fourth-order valence-corrected chi connectivity index (χ4v) is 1.83. The van der Waals surface area contributed by atoms with Crippen molar-refractivity contribution < 1.29 is 9.21 Å². The highest BCUT2D eigenvalue weighted by molar-refractivity contribution is 5.99. The molecule has 4 nitrogen and oxygen atoms in total. The van der Waals surface area contributed by atoms with Crippen LogP contribution in [0.1, 0.15) is 21.7 Å². The fourth-order valence-electron chi connectivity index (χ4n) is 1.83. The SMILES string of the molecule is Cc1ccoc1CNc1ccccc1C(=O)N(C)C. The van der Waals surface area contributed by atoms with E-state index in [4.69, 9.17) is 4.42 Å². The molecule has 4 heteroatoms. The molecule has 0 fully saturated rings. The second kappa shape index (κ2) is 5.61. The van der Waals surface area contributed by atoms with Crippen molar-refractivity contribution in [1.29, 1.82) is 0 Å². The Morgan fingerprint density at radius 3 is 2.63 bits per heavy atom. The molecule has 1 N–H and O–H groups in total. The van der Waals surface area contributed by atoms with E-state index in [0.717, 1.165) is 17.0 Å². The highest BCUT2D eigenvalue weighted by Crippen LogP contribution is 2.18. The van der Waals surface area contributed by atoms with Crippen molar-refractivity contribution in [2.75, 3.05) is 19.4 Å². The van der Waals surface area contributed by atoms with Crippen LogP contribution in [-0.4, -0.2) is 24.9 Å². The molecule has 0 aliphatic heterocycles. The van der Waals surface area contributed by atoms with Gasteiger partial charge in [-0.15, -0.1) is 0 Å². The van der Waals surface area contributed by atoms with Crippen LogP contribution in [0.5, 0.6) is 0 Å². The quantitative estimate of drug-likeness (QED) is 0.917. The number of amides is 1. The molecule has 2 aromatic rings. The van der Waals surface area contributed by atoms with Crippen LogP contribution in [0, 0.1) is 6.92 Å². The Balaban J connectivity index is 2.17. The second-order valence-corrected chi connectivity index (χ2v) is 4.63. The molecule has 2 rings (SSSR count). The van der Waals surface area contributed by atoms with E-state index in [1.54, 1.807) is 25.3 Å². The van der Waals surface area contributed by atoms with Gasteiger partial charge in [-0.2, -0.15) is 0 Å². The lowest BCUT2D eigenvalue weighted by Crippen LogP contribution is -2.22. The second-order valence-electron chi connectivity index (χ2n) is 4.63. The molecule has 1 aromatic heterocycles. The zero-order valence-electron chi connectivity index (χ0n) is 11.4. The van der Waals surface area contributed by atoms with Crippen LogP contribution in [0.4, 0.5) is 5.69 Å². The van der Waals surface area contributed by atoms with Gasteiger partial charge in [0.25, 0.3) is 5.91 Å². The minimum Gasteiger partial charge on any atom is -0.467 e. The summed E-state index contributed by atoms with van der Waals surface area (Å²) in [7, 11) is 3.49. The Labute approximate surface area is 113 Å². The standard InChI is InChI=1S/C15H18N2O2/c1-11-8-9-19-14(11)10-16-13-7-5-4-6-12(13)15(18)17(2)3/h4-9,16H,10H2,1-3H3. The fraction of sp³-hybridized carbons (Fsp3) is 0.267. The molecule has 0 atom stereocenters. The van der Waals surface area contributed by atoms with Crippen LogP contribution in [0.25, 0.3) is 0 Å². The van der Waals surface area contributed by atoms with Gasteiger partial charge < -0.3 is 14.6 Å². The van der Waals surface area contributed by atoms with E-state index < -0.39 is 0 Å². The van der Waals surface area contributed by atoms with Crippen LogP contribution >= 0.6 is 0 Å². The molecule has 0 unspecified atom stereocenters. The number of carbonyl (C=O) groups is 1. The number of nitrogens with one attached hydrogen (secondary N) is 1. The van der Waals surface area contributed by atoms with Crippen molar-refractivity contribution in [3.63, 3.8) is 0 Å². The Kier molecular flexibility index (Phi) is 3.90. The van der Waals surface area contributed by atoms with E-state index in [9.17, 15) is 4.79 Å². The summed E-state index contributed by atoms with van der Waals surface area (Å²) in [6.45, 7) is 2.56. The molecule has 0 saturated heterocycles. The van der Waals surface area contributed by atoms with Crippen molar-refractivity contribution in [3.8, 4) is 0 Å². The molecule has 0 radical (unpaired) electrons. The lowest BCUT2D eigenvalue weighted by Gasteiger charge is -2.15. The Morgan fingerprint density at radius 2 is 2.00 bits per heavy atom. The Morgan fingerprint density at radius 1 is 1.26 bits per heavy atom. The maximum Gasteiger partial charge on any atom is 0.255 e. The van der Waals surface area contributed by atoms with Gasteiger partial charge in [0, 0.05) is 19.8 Å². The third kappa shape index (κ3) is 2.96. The lowest BCUT2D eigenvalue weighted by molar-refractivity contribution is 0.0828. The van der Waals surface area contributed by atoms with Crippen LogP contribution < -0.4 is 5.32 Å². The first kappa shape index (κ1) is 13.2. The van der Waals surface area contributed by atoms with Crippen molar-refractivity contribution in [2.24, 2.45) is 0 Å². The molecule has 0 aliphatic rings. The van der Waals surface area contributed by atoms with Gasteiger partial charge in [-0.1, -0.05) is 12.1 Å². The van der Waals surface area contributed by atoms with Crippen LogP contribution in [-0.2, 0) is 6.54 Å². The average molecular weight is 258 g/mol. The molecular weight excluding hydrogens is 240 g/mol. The van der Waals surface area contributed by atoms with Crippen molar-refractivity contribution in [3.05, 3.63) is 53.5 Å². The molecule has 1 aromatic carbocycles. The van der Waals surface area contributed by atoms with E-state index >= 15 is 0 Å². The van der Waals surface area contributed by atoms with Crippen LogP contribution in [0.3, 0.4) is 0 Å². The van der Waals surface area contributed by atoms with E-state index in [1.165, 1.54) is 0 Å². The van der Waals surface area contributed by atoms with Gasteiger partial charge in [0.1, 0.15) is 5.76 Å². The van der Waals surface area contributed by atoms with Gasteiger partial charge in [-0.25, -0.2) is 0 Å². The molecule has 1 amide bonds. The maximum atomic E-state index is 12.1. The summed E-state index contributed by atoms with van der Waals surface area (Å²) in [4.78, 5) is 13.6. The number of carbonyl (C=O) groups excluding carboxylic acids is 1. The first-order valence-electron chi connectivity index (χ1n) is 6.17. The number of furan rings is 1. The predicted octanol–water partition coefficient (Wildman–Crippen LogP) is 2.90. The first-order chi connectivity index (χ1) is 9.09. The van der Waals surface area contributed by atoms with E-state index in [1.807, 2.05) is 37.3 Å². The topological polar surface area (TPSA) is 45.5 Å². The van der Waals surface area contributed by atoms with Gasteiger partial charge in [0.2, 0.25) is 0 Å². The average Bonchev–Trinajstić information content (AvgIpc) is 2.81. The maximum absolute atomic E-state index is 12.1. The minimum absolute atomic E-state index is 0.0146. The number of anilines is 1. The third-order valence-corrected chi connectivity index (χ3v) is 2.97. The zero-order valence-corrected chi connectivity index (χ0v) is 11.4. The highest BCUT2D eigenvalue weighted by atomic mass is 16.3. The lowest BCUT2D eigenvalue weighted by atomic mass is 10.1. The van der Waals surface area contributed by atoms with Crippen molar-refractivity contribution >= 4 is 11.6 Å². The number of para-hydroxylation sites is 1. The summed E-state index contributed by atoms with van der Waals surface area (Å²) >= 11 is 0. The molecular formula is C15H18N2O2. The summed E-state index contributed by atoms with van der Waals surface area (Å²) in [5.74, 6) is 0.867. The number of hydrogen-bond donors (Lipinski definition) is 1. The monoisotopic (exact) mass is 258 g/mol. The molecule has 100 valence electrons. The van der Waals surface area contributed by atoms with Gasteiger partial charge in [-0.3, -0.25) is 4.79 Å². The molecule has 0 spiro atoms. The Hall–Kier alpha value is -2.23. The van der Waals surface area contributed by atoms with Crippen LogP contribution in [0.2, 0.25) is 0 Å².